The standard InChI is InChI=1S/C5H14NO.C4H4O4.ClH/c1-6(2,3)4-5-7;5-3(6)1-2-4(7)8;/h7H,4-5H2,1-3H3;1-2H,(H,5,6)(H,7,8);1H/q+1;;/p-1. The Bertz CT molecular complexity index is 219. The number of quaternary nitrogens is 1. The van der Waals surface area contributed by atoms with Crippen LogP contribution in [0, 0.1) is 0 Å². The zero-order valence-electron chi connectivity index (χ0n) is 9.55. The van der Waals surface area contributed by atoms with Gasteiger partial charge < -0.3 is 32.2 Å². The first-order valence-electron chi connectivity index (χ1n) is 4.24. The van der Waals surface area contributed by atoms with Gasteiger partial charge in [-0.2, -0.15) is 0 Å². The van der Waals surface area contributed by atoms with Crippen LogP contribution in [0.2, 0.25) is 0 Å². The molecule has 0 amide bonds. The van der Waals surface area contributed by atoms with Gasteiger partial charge >= 0.3 is 11.9 Å². The van der Waals surface area contributed by atoms with Crippen molar-refractivity contribution in [3.05, 3.63) is 12.2 Å². The monoisotopic (exact) mass is 255 g/mol. The van der Waals surface area contributed by atoms with Gasteiger partial charge in [-0.25, -0.2) is 9.59 Å². The smallest absolute Gasteiger partial charge is 0.328 e. The van der Waals surface area contributed by atoms with Crippen LogP contribution in [0.4, 0.5) is 0 Å². The fourth-order valence-corrected chi connectivity index (χ4v) is 0.443. The highest BCUT2D eigenvalue weighted by Gasteiger charge is 2.02. The summed E-state index contributed by atoms with van der Waals surface area (Å²) in [6.07, 6.45) is 1.12. The summed E-state index contributed by atoms with van der Waals surface area (Å²) in [4.78, 5) is 19.1. The van der Waals surface area contributed by atoms with Gasteiger partial charge in [-0.3, -0.25) is 0 Å². The Morgan fingerprint density at radius 1 is 1.06 bits per heavy atom. The summed E-state index contributed by atoms with van der Waals surface area (Å²) < 4.78 is 0.844. The number of rotatable bonds is 4. The number of likely N-dealkylation sites (N-methyl/N-ethyl adjacent to an activating group) is 1. The van der Waals surface area contributed by atoms with Crippen LogP contribution in [0.3, 0.4) is 0 Å². The van der Waals surface area contributed by atoms with Crippen LogP contribution in [0.15, 0.2) is 12.2 Å². The number of aliphatic hydroxyl groups is 1. The van der Waals surface area contributed by atoms with Crippen LogP contribution >= 0.6 is 0 Å². The number of carboxylic acid groups (broad SMARTS) is 2. The quantitative estimate of drug-likeness (QED) is 0.356. The first-order valence-corrected chi connectivity index (χ1v) is 4.24. The minimum absolute atomic E-state index is 0. The molecule has 0 aliphatic rings. The Balaban J connectivity index is -0.000000200. The van der Waals surface area contributed by atoms with E-state index in [0.29, 0.717) is 12.2 Å². The highest BCUT2D eigenvalue weighted by atomic mass is 35.5. The van der Waals surface area contributed by atoms with Gasteiger partial charge in [0.2, 0.25) is 0 Å². The molecule has 0 saturated carbocycles. The van der Waals surface area contributed by atoms with Crippen molar-refractivity contribution >= 4 is 11.9 Å². The van der Waals surface area contributed by atoms with Gasteiger partial charge in [0.15, 0.2) is 0 Å². The second-order valence-corrected chi connectivity index (χ2v) is 3.75. The lowest BCUT2D eigenvalue weighted by Gasteiger charge is -2.21. The predicted molar refractivity (Wildman–Crippen MR) is 54.4 cm³/mol. The van der Waals surface area contributed by atoms with Crippen molar-refractivity contribution in [3.63, 3.8) is 0 Å². The molecule has 0 aliphatic carbocycles. The summed E-state index contributed by atoms with van der Waals surface area (Å²) in [5.41, 5.74) is 0. The second kappa shape index (κ2) is 10.4. The van der Waals surface area contributed by atoms with Crippen molar-refractivity contribution in [2.45, 2.75) is 0 Å². The normalized spacial score (nSPS) is 10.0. The zero-order chi connectivity index (χ0) is 12.5. The van der Waals surface area contributed by atoms with E-state index in [1.807, 2.05) is 0 Å². The van der Waals surface area contributed by atoms with Gasteiger partial charge in [0.1, 0.15) is 6.54 Å². The maximum Gasteiger partial charge on any atom is 0.328 e. The van der Waals surface area contributed by atoms with Crippen molar-refractivity contribution in [1.82, 2.24) is 0 Å². The Hall–Kier alpha value is -1.11. The average Bonchev–Trinajstić information content (AvgIpc) is 1.99. The summed E-state index contributed by atoms with van der Waals surface area (Å²) >= 11 is 0. The van der Waals surface area contributed by atoms with E-state index in [1.165, 1.54) is 0 Å². The molecule has 7 heteroatoms. The van der Waals surface area contributed by atoms with Crippen molar-refractivity contribution in [3.8, 4) is 0 Å². The van der Waals surface area contributed by atoms with Crippen LogP contribution in [-0.2, 0) is 9.59 Å². The summed E-state index contributed by atoms with van der Waals surface area (Å²) in [6.45, 7) is 1.11. The summed E-state index contributed by atoms with van der Waals surface area (Å²) in [5.74, 6) is -2.51. The summed E-state index contributed by atoms with van der Waals surface area (Å²) in [6, 6.07) is 0. The van der Waals surface area contributed by atoms with Crippen LogP contribution in [0.5, 0.6) is 0 Å². The average molecular weight is 256 g/mol. The topological polar surface area (TPSA) is 94.8 Å². The lowest BCUT2D eigenvalue weighted by atomic mass is 10.5. The second-order valence-electron chi connectivity index (χ2n) is 3.75. The van der Waals surface area contributed by atoms with Gasteiger partial charge in [-0.1, -0.05) is 0 Å². The molecular weight excluding hydrogens is 238 g/mol. The molecule has 0 atom stereocenters. The van der Waals surface area contributed by atoms with E-state index >= 15 is 0 Å². The molecular formula is C9H18ClNO5. The van der Waals surface area contributed by atoms with E-state index in [0.717, 1.165) is 11.0 Å². The van der Waals surface area contributed by atoms with Gasteiger partial charge in [0, 0.05) is 12.2 Å². The zero-order valence-corrected chi connectivity index (χ0v) is 10.3. The molecule has 0 unspecified atom stereocenters. The number of hydrogen-bond donors (Lipinski definition) is 3. The molecule has 0 aliphatic heterocycles. The molecule has 0 heterocycles. The summed E-state index contributed by atoms with van der Waals surface area (Å²) in [7, 11) is 6.16. The number of carboxylic acids is 2. The van der Waals surface area contributed by atoms with Gasteiger partial charge in [-0.15, -0.1) is 0 Å². The Labute approximate surface area is 101 Å². The van der Waals surface area contributed by atoms with E-state index < -0.39 is 11.9 Å². The number of nitrogens with zero attached hydrogens (tertiary/aromatic N) is 1. The lowest BCUT2D eigenvalue weighted by Crippen LogP contribution is -3.00. The van der Waals surface area contributed by atoms with Gasteiger partial charge in [-0.05, 0) is 0 Å². The number of hydrogen-bond acceptors (Lipinski definition) is 3. The molecule has 0 aromatic rings. The molecule has 96 valence electrons. The number of aliphatic carboxylic acids is 2. The van der Waals surface area contributed by atoms with E-state index in [2.05, 4.69) is 21.1 Å². The molecule has 3 N–H and O–H groups in total. The number of carbonyl (C=O) groups is 2. The molecule has 0 spiro atoms. The van der Waals surface area contributed by atoms with E-state index in [9.17, 15) is 9.59 Å². The largest absolute Gasteiger partial charge is 1.00 e. The van der Waals surface area contributed by atoms with E-state index in [4.69, 9.17) is 15.3 Å². The third-order valence-corrected chi connectivity index (χ3v) is 1.14. The third kappa shape index (κ3) is 29.3. The van der Waals surface area contributed by atoms with Crippen LogP contribution in [0.1, 0.15) is 0 Å². The molecule has 0 bridgehead atoms. The highest BCUT2D eigenvalue weighted by molar-refractivity contribution is 5.89. The molecule has 16 heavy (non-hydrogen) atoms. The summed E-state index contributed by atoms with van der Waals surface area (Å²) in [5, 5.41) is 24.0. The van der Waals surface area contributed by atoms with E-state index in [1.54, 1.807) is 0 Å². The Kier molecular flexibility index (Phi) is 13.2. The van der Waals surface area contributed by atoms with Crippen molar-refractivity contribution in [1.29, 1.82) is 0 Å². The maximum atomic E-state index is 9.55. The molecule has 0 aromatic carbocycles. The van der Waals surface area contributed by atoms with Crippen LogP contribution in [-0.4, -0.2) is 66.0 Å². The molecule has 0 fully saturated rings. The first kappa shape index (κ1) is 20.3. The van der Waals surface area contributed by atoms with E-state index in [-0.39, 0.29) is 19.0 Å². The van der Waals surface area contributed by atoms with Crippen molar-refractivity contribution < 1.29 is 41.8 Å². The Morgan fingerprint density at radius 3 is 1.44 bits per heavy atom. The first-order chi connectivity index (χ1) is 6.69. The van der Waals surface area contributed by atoms with Crippen molar-refractivity contribution in [2.24, 2.45) is 0 Å². The maximum absolute atomic E-state index is 9.55. The predicted octanol–water partition coefficient (Wildman–Crippen LogP) is -3.60. The molecule has 0 rings (SSSR count). The van der Waals surface area contributed by atoms with Gasteiger partial charge in [0.25, 0.3) is 0 Å². The van der Waals surface area contributed by atoms with Crippen LogP contribution < -0.4 is 12.4 Å². The Morgan fingerprint density at radius 2 is 1.38 bits per heavy atom. The number of aliphatic hydroxyl groups excluding tert-OH is 1. The minimum atomic E-state index is -1.26. The highest BCUT2D eigenvalue weighted by Crippen LogP contribution is 1.84. The van der Waals surface area contributed by atoms with Gasteiger partial charge in [0.05, 0.1) is 27.7 Å². The lowest BCUT2D eigenvalue weighted by molar-refractivity contribution is -0.870. The third-order valence-electron chi connectivity index (χ3n) is 1.14. The van der Waals surface area contributed by atoms with Crippen molar-refractivity contribution in [2.75, 3.05) is 34.3 Å². The molecule has 0 saturated heterocycles. The fraction of sp³-hybridized carbons (Fsp3) is 0.556. The fourth-order valence-electron chi connectivity index (χ4n) is 0.443. The molecule has 6 nitrogen and oxygen atoms in total. The minimum Gasteiger partial charge on any atom is -1.00 e. The molecule has 0 radical (unpaired) electrons. The molecule has 0 aromatic heterocycles. The van der Waals surface area contributed by atoms with Crippen LogP contribution in [0.25, 0.3) is 0 Å². The number of halogens is 1. The SMILES string of the molecule is C[N+](C)(C)CCO.O=C(O)C=CC(=O)O.[Cl-].